The molecule has 0 radical (unpaired) electrons. The van der Waals surface area contributed by atoms with E-state index in [4.69, 9.17) is 39.4 Å². The van der Waals surface area contributed by atoms with Crippen molar-refractivity contribution < 1.29 is 43.5 Å². The lowest BCUT2D eigenvalue weighted by molar-refractivity contribution is -0.134. The van der Waals surface area contributed by atoms with E-state index < -0.39 is 0 Å². The first-order chi connectivity index (χ1) is 32.6. The van der Waals surface area contributed by atoms with E-state index in [-0.39, 0.29) is 47.3 Å². The molecule has 6 heterocycles. The number of nitrogens with two attached hydrogens (primary N) is 1. The van der Waals surface area contributed by atoms with Crippen LogP contribution in [0, 0.1) is 0 Å². The molecule has 4 aromatic rings. The summed E-state index contributed by atoms with van der Waals surface area (Å²) in [6, 6.07) is 9.19. The van der Waals surface area contributed by atoms with Gasteiger partial charge in [-0.05, 0) is 40.7 Å². The predicted molar refractivity (Wildman–Crippen MR) is 248 cm³/mol. The van der Waals surface area contributed by atoms with Gasteiger partial charge in [-0.25, -0.2) is 19.9 Å². The summed E-state index contributed by atoms with van der Waals surface area (Å²) >= 11 is 0. The van der Waals surface area contributed by atoms with Gasteiger partial charge >= 0.3 is 0 Å². The fourth-order valence-corrected chi connectivity index (χ4v) is 8.87. The average molecular weight is 925 g/mol. The van der Waals surface area contributed by atoms with Crippen molar-refractivity contribution >= 4 is 23.6 Å². The van der Waals surface area contributed by atoms with E-state index in [1.807, 2.05) is 18.7 Å². The first-order valence-corrected chi connectivity index (χ1v) is 23.4. The van der Waals surface area contributed by atoms with Crippen LogP contribution in [0.15, 0.2) is 42.7 Å². The third kappa shape index (κ3) is 12.5. The number of carbonyl (C=O) groups is 2. The molecular formula is C48H64N10O9. The molecule has 19 heteroatoms. The second kappa shape index (κ2) is 23.0. The first-order valence-electron chi connectivity index (χ1n) is 23.4. The maximum Gasteiger partial charge on any atom is 0.258 e. The molecule has 8 rings (SSSR count). The van der Waals surface area contributed by atoms with Crippen LogP contribution < -0.4 is 10.6 Å². The number of fused-ring (bicyclic) bond motifs is 2. The SMILES string of the molecule is CC(C)c1cc(C(=O)N2Cc3ccc(CN4CCOCCOCCN(C(=O)CN5CCc6c(nc(-c7cnc(N)nc7)nc6N6CCOCC6)C5)CCOCCOCC4)cc3C2)c(O)cc1O. The van der Waals surface area contributed by atoms with Crippen LogP contribution in [-0.2, 0) is 61.1 Å². The molecule has 2 aromatic carbocycles. The number of anilines is 2. The number of nitrogen functional groups attached to an aromatic ring is 1. The standard InChI is InChI=1S/C48H64N10O9/c1-33(2)39-24-40(43(60)25-42(39)59)47(62)58-29-35-4-3-34(23-36(35)30-58)28-54-7-13-64-19-21-66-15-9-56(10-16-67-22-20-65-14-8-54)44(61)32-55-6-5-38-41(31-55)52-45(37-26-50-48(49)51-27-37)53-46(38)57-11-17-63-18-12-57/h3-4,23-27,33,59-60H,5-22,28-32H2,1-2H3,(H2,49,50,51). The Bertz CT molecular complexity index is 2290. The minimum atomic E-state index is -0.269. The van der Waals surface area contributed by atoms with E-state index in [2.05, 4.69) is 42.9 Å². The number of rotatable bonds is 8. The third-order valence-electron chi connectivity index (χ3n) is 12.6. The number of aromatic nitrogens is 4. The molecule has 0 atom stereocenters. The molecule has 0 aliphatic carbocycles. The molecule has 0 saturated carbocycles. The quantitative estimate of drug-likeness (QED) is 0.232. The number of phenols is 2. The maximum atomic E-state index is 13.9. The van der Waals surface area contributed by atoms with Crippen molar-refractivity contribution in [3.05, 3.63) is 81.8 Å². The van der Waals surface area contributed by atoms with Crippen molar-refractivity contribution in [3.8, 4) is 22.9 Å². The minimum absolute atomic E-state index is 0.00369. The van der Waals surface area contributed by atoms with Gasteiger partial charge in [0, 0.05) is 96.0 Å². The van der Waals surface area contributed by atoms with Crippen LogP contribution in [0.4, 0.5) is 11.8 Å². The van der Waals surface area contributed by atoms with Crippen LogP contribution >= 0.6 is 0 Å². The van der Waals surface area contributed by atoms with Crippen LogP contribution in [0.3, 0.4) is 0 Å². The minimum Gasteiger partial charge on any atom is -0.508 e. The lowest BCUT2D eigenvalue weighted by atomic mass is 9.98. The molecule has 0 bridgehead atoms. The summed E-state index contributed by atoms with van der Waals surface area (Å²) < 4.78 is 29.6. The zero-order chi connectivity index (χ0) is 46.7. The lowest BCUT2D eigenvalue weighted by Gasteiger charge is -2.34. The monoisotopic (exact) mass is 924 g/mol. The van der Waals surface area contributed by atoms with Crippen LogP contribution in [0.25, 0.3) is 11.4 Å². The molecule has 2 saturated heterocycles. The summed E-state index contributed by atoms with van der Waals surface area (Å²) in [6.45, 7) is 15.2. The topological polar surface area (TPSA) is 215 Å². The van der Waals surface area contributed by atoms with Gasteiger partial charge < -0.3 is 54.3 Å². The van der Waals surface area contributed by atoms with Gasteiger partial charge in [-0.2, -0.15) is 0 Å². The van der Waals surface area contributed by atoms with Gasteiger partial charge in [-0.15, -0.1) is 0 Å². The van der Waals surface area contributed by atoms with Crippen molar-refractivity contribution in [3.63, 3.8) is 0 Å². The van der Waals surface area contributed by atoms with Crippen LogP contribution in [-0.4, -0.2) is 180 Å². The largest absolute Gasteiger partial charge is 0.508 e. The Balaban J connectivity index is 0.817. The highest BCUT2D eigenvalue weighted by Crippen LogP contribution is 2.35. The second-order valence-electron chi connectivity index (χ2n) is 17.6. The Hall–Kier alpha value is -5.54. The number of hydrogen-bond donors (Lipinski definition) is 3. The van der Waals surface area contributed by atoms with E-state index in [0.29, 0.717) is 148 Å². The molecule has 0 spiro atoms. The predicted octanol–water partition coefficient (Wildman–Crippen LogP) is 2.81. The van der Waals surface area contributed by atoms with Gasteiger partial charge in [-0.3, -0.25) is 19.4 Å². The fraction of sp³-hybridized carbons (Fsp3) is 0.542. The number of hydrogen-bond acceptors (Lipinski definition) is 17. The molecule has 4 N–H and O–H groups in total. The van der Waals surface area contributed by atoms with Gasteiger partial charge in [0.15, 0.2) is 5.82 Å². The Morgan fingerprint density at radius 2 is 1.31 bits per heavy atom. The van der Waals surface area contributed by atoms with Crippen LogP contribution in [0.2, 0.25) is 0 Å². The first kappa shape index (κ1) is 47.9. The molecular weight excluding hydrogens is 861 g/mol. The third-order valence-corrected chi connectivity index (χ3v) is 12.6. The summed E-state index contributed by atoms with van der Waals surface area (Å²) in [5.41, 5.74) is 12.5. The lowest BCUT2D eigenvalue weighted by Crippen LogP contribution is -2.45. The molecule has 0 unspecified atom stereocenters. The smallest absolute Gasteiger partial charge is 0.258 e. The summed E-state index contributed by atoms with van der Waals surface area (Å²) in [4.78, 5) is 56.0. The summed E-state index contributed by atoms with van der Waals surface area (Å²) in [5, 5.41) is 20.9. The van der Waals surface area contributed by atoms with Crippen molar-refractivity contribution in [2.24, 2.45) is 0 Å². The van der Waals surface area contributed by atoms with E-state index in [1.54, 1.807) is 23.4 Å². The van der Waals surface area contributed by atoms with Gasteiger partial charge in [-0.1, -0.05) is 32.0 Å². The highest BCUT2D eigenvalue weighted by molar-refractivity contribution is 5.97. The van der Waals surface area contributed by atoms with Crippen molar-refractivity contribution in [1.29, 1.82) is 0 Å². The molecule has 360 valence electrons. The number of amides is 2. The second-order valence-corrected chi connectivity index (χ2v) is 17.6. The summed E-state index contributed by atoms with van der Waals surface area (Å²) in [7, 11) is 0. The maximum absolute atomic E-state index is 13.9. The van der Waals surface area contributed by atoms with Gasteiger partial charge in [0.25, 0.3) is 5.91 Å². The Morgan fingerprint density at radius 3 is 1.99 bits per heavy atom. The van der Waals surface area contributed by atoms with Crippen molar-refractivity contribution in [2.75, 3.05) is 129 Å². The number of aromatic hydroxyl groups is 2. The number of carbonyl (C=O) groups excluding carboxylic acids is 2. The molecule has 67 heavy (non-hydrogen) atoms. The molecule has 4 aliphatic rings. The zero-order valence-electron chi connectivity index (χ0n) is 38.7. The Labute approximate surface area is 391 Å². The number of phenolic OH excluding ortho intramolecular Hbond substituents is 2. The zero-order valence-corrected chi connectivity index (χ0v) is 38.7. The average Bonchev–Trinajstić information content (AvgIpc) is 3.75. The van der Waals surface area contributed by atoms with E-state index >= 15 is 0 Å². The van der Waals surface area contributed by atoms with Gasteiger partial charge in [0.2, 0.25) is 11.9 Å². The van der Waals surface area contributed by atoms with Crippen molar-refractivity contribution in [2.45, 2.75) is 52.4 Å². The normalized spacial score (nSPS) is 18.9. The summed E-state index contributed by atoms with van der Waals surface area (Å²) in [6.07, 6.45) is 3.98. The van der Waals surface area contributed by atoms with E-state index in [0.717, 1.165) is 46.9 Å². The van der Waals surface area contributed by atoms with E-state index in [9.17, 15) is 19.8 Å². The molecule has 2 aromatic heterocycles. The van der Waals surface area contributed by atoms with Crippen LogP contribution in [0.1, 0.15) is 63.6 Å². The number of nitrogens with zero attached hydrogens (tertiary/aromatic N) is 9. The van der Waals surface area contributed by atoms with E-state index in [1.165, 1.54) is 6.07 Å². The molecule has 2 amide bonds. The number of benzene rings is 2. The molecule has 4 aliphatic heterocycles. The Kier molecular flexibility index (Phi) is 16.4. The highest BCUT2D eigenvalue weighted by atomic mass is 16.5. The van der Waals surface area contributed by atoms with Crippen LogP contribution in [0.5, 0.6) is 11.5 Å². The van der Waals surface area contributed by atoms with Gasteiger partial charge in [0.05, 0.1) is 89.4 Å². The molecule has 2 fully saturated rings. The molecule has 19 nitrogen and oxygen atoms in total. The Morgan fingerprint density at radius 1 is 0.687 bits per heavy atom. The van der Waals surface area contributed by atoms with Gasteiger partial charge in [0.1, 0.15) is 17.3 Å². The number of ether oxygens (including phenoxy) is 5. The van der Waals surface area contributed by atoms with Crippen molar-refractivity contribution in [1.82, 2.24) is 39.5 Å². The summed E-state index contributed by atoms with van der Waals surface area (Å²) in [5.74, 6) is 1.09. The number of morpholine rings is 1. The fourth-order valence-electron chi connectivity index (χ4n) is 8.87. The highest BCUT2D eigenvalue weighted by Gasteiger charge is 2.30.